The minimum absolute atomic E-state index is 0.277. The van der Waals surface area contributed by atoms with Gasteiger partial charge in [0.25, 0.3) is 0 Å². The molecule has 0 aliphatic heterocycles. The van der Waals surface area contributed by atoms with Crippen LogP contribution in [0.4, 0.5) is 5.69 Å². The first-order chi connectivity index (χ1) is 11.0. The molecule has 0 aromatic heterocycles. The zero-order chi connectivity index (χ0) is 16.8. The molecular weight excluding hydrogens is 298 g/mol. The van der Waals surface area contributed by atoms with E-state index in [2.05, 4.69) is 5.32 Å². The second-order valence-corrected chi connectivity index (χ2v) is 5.62. The van der Waals surface area contributed by atoms with Gasteiger partial charge in [0.15, 0.2) is 0 Å². The molecule has 1 aliphatic carbocycles. The highest BCUT2D eigenvalue weighted by molar-refractivity contribution is 5.96. The van der Waals surface area contributed by atoms with E-state index < -0.39 is 23.8 Å². The summed E-state index contributed by atoms with van der Waals surface area (Å²) in [6.07, 6.45) is 2.83. The number of carbonyl (C=O) groups excluding carboxylic acids is 2. The maximum atomic E-state index is 12.3. The molecule has 0 spiro atoms. The summed E-state index contributed by atoms with van der Waals surface area (Å²) in [6, 6.07) is 6.37. The van der Waals surface area contributed by atoms with Gasteiger partial charge in [-0.05, 0) is 44.0 Å². The Morgan fingerprint density at radius 2 is 1.74 bits per heavy atom. The van der Waals surface area contributed by atoms with E-state index in [9.17, 15) is 19.5 Å². The van der Waals surface area contributed by atoms with Crippen LogP contribution in [-0.2, 0) is 14.3 Å². The Kier molecular flexibility index (Phi) is 5.73. The minimum Gasteiger partial charge on any atom is -0.481 e. The number of hydrogen-bond donors (Lipinski definition) is 2. The first-order valence-electron chi connectivity index (χ1n) is 7.83. The van der Waals surface area contributed by atoms with E-state index in [0.29, 0.717) is 30.7 Å². The number of nitrogens with one attached hydrogen (secondary N) is 1. The summed E-state index contributed by atoms with van der Waals surface area (Å²) < 4.78 is 4.89. The smallest absolute Gasteiger partial charge is 0.338 e. The molecular formula is C17H21NO5. The number of carboxylic acid groups (broad SMARTS) is 1. The lowest BCUT2D eigenvalue weighted by Crippen LogP contribution is -2.36. The molecule has 1 fully saturated rings. The van der Waals surface area contributed by atoms with Crippen molar-refractivity contribution >= 4 is 23.5 Å². The summed E-state index contributed by atoms with van der Waals surface area (Å²) in [5, 5.41) is 12.0. The van der Waals surface area contributed by atoms with E-state index in [1.54, 1.807) is 31.2 Å². The number of benzene rings is 1. The fraction of sp³-hybridized carbons (Fsp3) is 0.471. The molecule has 0 unspecified atom stereocenters. The molecule has 1 amide bonds. The van der Waals surface area contributed by atoms with Crippen LogP contribution < -0.4 is 5.32 Å². The van der Waals surface area contributed by atoms with Gasteiger partial charge in [0.1, 0.15) is 0 Å². The number of aliphatic carboxylic acids is 1. The molecule has 2 N–H and O–H groups in total. The molecule has 2 rings (SSSR count). The van der Waals surface area contributed by atoms with Crippen molar-refractivity contribution in [3.63, 3.8) is 0 Å². The zero-order valence-electron chi connectivity index (χ0n) is 13.1. The van der Waals surface area contributed by atoms with E-state index in [1.807, 2.05) is 0 Å². The second-order valence-electron chi connectivity index (χ2n) is 5.62. The minimum atomic E-state index is -0.914. The van der Waals surface area contributed by atoms with Gasteiger partial charge < -0.3 is 15.2 Å². The average molecular weight is 319 g/mol. The molecule has 1 aromatic rings. The van der Waals surface area contributed by atoms with E-state index in [4.69, 9.17) is 4.74 Å². The topological polar surface area (TPSA) is 92.7 Å². The third kappa shape index (κ3) is 4.31. The zero-order valence-corrected chi connectivity index (χ0v) is 13.1. The van der Waals surface area contributed by atoms with Crippen LogP contribution in [0.3, 0.4) is 0 Å². The number of esters is 1. The molecule has 1 aromatic carbocycles. The van der Waals surface area contributed by atoms with E-state index >= 15 is 0 Å². The van der Waals surface area contributed by atoms with E-state index in [0.717, 1.165) is 12.8 Å². The van der Waals surface area contributed by atoms with Gasteiger partial charge in [-0.25, -0.2) is 4.79 Å². The van der Waals surface area contributed by atoms with Crippen LogP contribution in [0, 0.1) is 11.8 Å². The van der Waals surface area contributed by atoms with Crippen LogP contribution in [0.2, 0.25) is 0 Å². The summed E-state index contributed by atoms with van der Waals surface area (Å²) in [5.41, 5.74) is 0.948. The van der Waals surface area contributed by atoms with Crippen molar-refractivity contribution in [3.8, 4) is 0 Å². The SMILES string of the molecule is CCOC(=O)c1ccc(NC(=O)[C@@H]2CCCC[C@H]2C(=O)O)cc1. The van der Waals surface area contributed by atoms with Gasteiger partial charge in [-0.1, -0.05) is 12.8 Å². The van der Waals surface area contributed by atoms with Gasteiger partial charge in [-0.15, -0.1) is 0 Å². The summed E-state index contributed by atoms with van der Waals surface area (Å²) in [4.78, 5) is 35.2. The molecule has 0 radical (unpaired) electrons. The van der Waals surface area contributed by atoms with Gasteiger partial charge in [0.2, 0.25) is 5.91 Å². The van der Waals surface area contributed by atoms with Crippen molar-refractivity contribution in [1.29, 1.82) is 0 Å². The Bertz CT molecular complexity index is 581. The van der Waals surface area contributed by atoms with Crippen LogP contribution in [0.25, 0.3) is 0 Å². The summed E-state index contributed by atoms with van der Waals surface area (Å²) in [5.74, 6) is -2.74. The highest BCUT2D eigenvalue weighted by Gasteiger charge is 2.35. The van der Waals surface area contributed by atoms with Crippen molar-refractivity contribution in [1.82, 2.24) is 0 Å². The Morgan fingerprint density at radius 1 is 1.13 bits per heavy atom. The first kappa shape index (κ1) is 17.0. The van der Waals surface area contributed by atoms with E-state index in [-0.39, 0.29) is 5.91 Å². The Balaban J connectivity index is 2.02. The number of ether oxygens (including phenoxy) is 1. The lowest BCUT2D eigenvalue weighted by atomic mass is 9.78. The number of anilines is 1. The highest BCUT2D eigenvalue weighted by atomic mass is 16.5. The van der Waals surface area contributed by atoms with Crippen LogP contribution in [-0.4, -0.2) is 29.6 Å². The third-order valence-electron chi connectivity index (χ3n) is 4.08. The predicted molar refractivity (Wildman–Crippen MR) is 84.1 cm³/mol. The molecule has 6 nitrogen and oxygen atoms in total. The standard InChI is InChI=1S/C17H21NO5/c1-2-23-17(22)11-7-9-12(10-8-11)18-15(19)13-5-3-4-6-14(13)16(20)21/h7-10,13-14H,2-6H2,1H3,(H,18,19)(H,20,21)/t13-,14-/m1/s1. The van der Waals surface area contributed by atoms with Gasteiger partial charge >= 0.3 is 11.9 Å². The largest absolute Gasteiger partial charge is 0.481 e. The van der Waals surface area contributed by atoms with Gasteiger partial charge in [0, 0.05) is 5.69 Å². The molecule has 124 valence electrons. The number of carbonyl (C=O) groups is 3. The Labute approximate surface area is 134 Å². The summed E-state index contributed by atoms with van der Waals surface area (Å²) in [6.45, 7) is 2.03. The molecule has 2 atom stereocenters. The third-order valence-corrected chi connectivity index (χ3v) is 4.08. The maximum Gasteiger partial charge on any atom is 0.338 e. The Morgan fingerprint density at radius 3 is 2.30 bits per heavy atom. The van der Waals surface area contributed by atoms with Crippen LogP contribution >= 0.6 is 0 Å². The number of amides is 1. The van der Waals surface area contributed by atoms with Gasteiger partial charge in [-0.3, -0.25) is 9.59 Å². The normalized spacial score (nSPS) is 20.6. The molecule has 0 bridgehead atoms. The monoisotopic (exact) mass is 319 g/mol. The molecule has 6 heteroatoms. The first-order valence-corrected chi connectivity index (χ1v) is 7.83. The molecule has 1 saturated carbocycles. The second kappa shape index (κ2) is 7.76. The fourth-order valence-corrected chi connectivity index (χ4v) is 2.88. The van der Waals surface area contributed by atoms with Crippen molar-refractivity contribution in [2.75, 3.05) is 11.9 Å². The molecule has 0 saturated heterocycles. The average Bonchev–Trinajstić information content (AvgIpc) is 2.55. The fourth-order valence-electron chi connectivity index (χ4n) is 2.88. The number of carboxylic acids is 1. The lowest BCUT2D eigenvalue weighted by molar-refractivity contribution is -0.147. The number of rotatable bonds is 5. The molecule has 0 heterocycles. The molecule has 23 heavy (non-hydrogen) atoms. The van der Waals surface area contributed by atoms with Crippen molar-refractivity contribution < 1.29 is 24.2 Å². The van der Waals surface area contributed by atoms with Crippen molar-refractivity contribution in [2.24, 2.45) is 11.8 Å². The quantitative estimate of drug-likeness (QED) is 0.814. The van der Waals surface area contributed by atoms with Crippen LogP contribution in [0.15, 0.2) is 24.3 Å². The van der Waals surface area contributed by atoms with E-state index in [1.165, 1.54) is 0 Å². The van der Waals surface area contributed by atoms with Crippen molar-refractivity contribution in [3.05, 3.63) is 29.8 Å². The summed E-state index contributed by atoms with van der Waals surface area (Å²) in [7, 11) is 0. The highest BCUT2D eigenvalue weighted by Crippen LogP contribution is 2.31. The lowest BCUT2D eigenvalue weighted by Gasteiger charge is -2.27. The van der Waals surface area contributed by atoms with Gasteiger partial charge in [0.05, 0.1) is 24.0 Å². The Hall–Kier alpha value is -2.37. The number of hydrogen-bond acceptors (Lipinski definition) is 4. The summed E-state index contributed by atoms with van der Waals surface area (Å²) >= 11 is 0. The molecule has 1 aliphatic rings. The van der Waals surface area contributed by atoms with Crippen LogP contribution in [0.1, 0.15) is 43.0 Å². The van der Waals surface area contributed by atoms with Gasteiger partial charge in [-0.2, -0.15) is 0 Å². The maximum absolute atomic E-state index is 12.3. The predicted octanol–water partition coefficient (Wildman–Crippen LogP) is 2.69. The van der Waals surface area contributed by atoms with Crippen LogP contribution in [0.5, 0.6) is 0 Å². The van der Waals surface area contributed by atoms with Crippen molar-refractivity contribution in [2.45, 2.75) is 32.6 Å².